The van der Waals surface area contributed by atoms with Crippen molar-refractivity contribution in [3.05, 3.63) is 29.8 Å². The molecule has 0 saturated carbocycles. The minimum Gasteiger partial charge on any atom is -0.497 e. The number of rotatable bonds is 3. The predicted octanol–water partition coefficient (Wildman–Crippen LogP) is 1.06. The normalized spacial score (nSPS) is 17.6. The highest BCUT2D eigenvalue weighted by atomic mass is 32.2. The Morgan fingerprint density at radius 3 is 2.35 bits per heavy atom. The van der Waals surface area contributed by atoms with Crippen LogP contribution < -0.4 is 4.74 Å². The van der Waals surface area contributed by atoms with E-state index >= 15 is 0 Å². The van der Waals surface area contributed by atoms with Gasteiger partial charge in [0.1, 0.15) is 12.4 Å². The number of hydrogen-bond acceptors (Lipinski definition) is 5. The number of amides is 1. The third kappa shape index (κ3) is 3.86. The second-order valence-corrected chi connectivity index (χ2v) is 6.85. The second-order valence-electron chi connectivity index (χ2n) is 4.54. The van der Waals surface area contributed by atoms with E-state index in [9.17, 15) is 13.2 Å². The summed E-state index contributed by atoms with van der Waals surface area (Å²) in [4.78, 5) is 13.2. The molecule has 0 unspecified atom stereocenters. The van der Waals surface area contributed by atoms with Crippen LogP contribution in [-0.4, -0.2) is 51.1 Å². The lowest BCUT2D eigenvalue weighted by molar-refractivity contribution is 0.0992. The van der Waals surface area contributed by atoms with Crippen molar-refractivity contribution in [3.63, 3.8) is 0 Å². The average Bonchev–Trinajstić information content (AvgIpc) is 2.45. The predicted molar refractivity (Wildman–Crippen MR) is 73.4 cm³/mol. The fourth-order valence-electron chi connectivity index (χ4n) is 1.85. The standard InChI is InChI=1S/C13H17NO5S/c1-18-12-4-2-11(3-5-12)10-19-13(15)14-6-8-20(16,17)9-7-14/h2-5H,6-10H2,1H3. The van der Waals surface area contributed by atoms with Crippen LogP contribution in [0.5, 0.6) is 5.75 Å². The molecule has 2 rings (SSSR count). The number of sulfone groups is 1. The van der Waals surface area contributed by atoms with Gasteiger partial charge in [-0.25, -0.2) is 13.2 Å². The first-order valence-corrected chi connectivity index (χ1v) is 8.07. The van der Waals surface area contributed by atoms with Gasteiger partial charge in [-0.3, -0.25) is 0 Å². The molecule has 1 fully saturated rings. The van der Waals surface area contributed by atoms with Gasteiger partial charge in [-0.1, -0.05) is 12.1 Å². The van der Waals surface area contributed by atoms with E-state index in [-0.39, 0.29) is 31.2 Å². The molecule has 0 spiro atoms. The van der Waals surface area contributed by atoms with Gasteiger partial charge < -0.3 is 14.4 Å². The van der Waals surface area contributed by atoms with Gasteiger partial charge in [0.2, 0.25) is 0 Å². The van der Waals surface area contributed by atoms with Crippen molar-refractivity contribution in [2.75, 3.05) is 31.7 Å². The molecule has 7 heteroatoms. The SMILES string of the molecule is COc1ccc(COC(=O)N2CCS(=O)(=O)CC2)cc1. The minimum atomic E-state index is -2.99. The molecule has 1 amide bonds. The third-order valence-electron chi connectivity index (χ3n) is 3.12. The molecule has 110 valence electrons. The maximum absolute atomic E-state index is 11.8. The van der Waals surface area contributed by atoms with E-state index in [2.05, 4.69) is 0 Å². The fraction of sp³-hybridized carbons (Fsp3) is 0.462. The topological polar surface area (TPSA) is 72.9 Å². The molecule has 0 radical (unpaired) electrons. The Hall–Kier alpha value is -1.76. The Balaban J connectivity index is 1.83. The van der Waals surface area contributed by atoms with Crippen molar-refractivity contribution in [1.29, 1.82) is 0 Å². The highest BCUT2D eigenvalue weighted by Crippen LogP contribution is 2.13. The number of methoxy groups -OCH3 is 1. The van der Waals surface area contributed by atoms with Crippen LogP contribution in [-0.2, 0) is 21.2 Å². The molecule has 0 bridgehead atoms. The second kappa shape index (κ2) is 6.13. The maximum atomic E-state index is 11.8. The minimum absolute atomic E-state index is 0.00460. The van der Waals surface area contributed by atoms with Gasteiger partial charge in [-0.05, 0) is 17.7 Å². The van der Waals surface area contributed by atoms with Gasteiger partial charge in [0, 0.05) is 13.1 Å². The summed E-state index contributed by atoms with van der Waals surface area (Å²) in [5.41, 5.74) is 0.851. The highest BCUT2D eigenvalue weighted by Gasteiger charge is 2.25. The lowest BCUT2D eigenvalue weighted by Gasteiger charge is -2.25. The Morgan fingerprint density at radius 2 is 1.80 bits per heavy atom. The number of carbonyl (C=O) groups is 1. The van der Waals surface area contributed by atoms with E-state index in [0.29, 0.717) is 0 Å². The Morgan fingerprint density at radius 1 is 1.20 bits per heavy atom. The molecule has 0 atom stereocenters. The zero-order valence-corrected chi connectivity index (χ0v) is 12.1. The van der Waals surface area contributed by atoms with Crippen molar-refractivity contribution in [1.82, 2.24) is 4.90 Å². The monoisotopic (exact) mass is 299 g/mol. The van der Waals surface area contributed by atoms with E-state index in [0.717, 1.165) is 11.3 Å². The quantitative estimate of drug-likeness (QED) is 0.834. The van der Waals surface area contributed by atoms with Crippen LogP contribution >= 0.6 is 0 Å². The van der Waals surface area contributed by atoms with Crippen molar-refractivity contribution in [2.24, 2.45) is 0 Å². The van der Waals surface area contributed by atoms with Crippen LogP contribution in [0.15, 0.2) is 24.3 Å². The molecule has 1 aliphatic heterocycles. The highest BCUT2D eigenvalue weighted by molar-refractivity contribution is 7.91. The van der Waals surface area contributed by atoms with Crippen LogP contribution in [0.1, 0.15) is 5.56 Å². The van der Waals surface area contributed by atoms with E-state index in [1.54, 1.807) is 19.2 Å². The van der Waals surface area contributed by atoms with Crippen molar-refractivity contribution in [2.45, 2.75) is 6.61 Å². The maximum Gasteiger partial charge on any atom is 0.410 e. The molecule has 0 N–H and O–H groups in total. The molecular weight excluding hydrogens is 282 g/mol. The van der Waals surface area contributed by atoms with Gasteiger partial charge in [0.05, 0.1) is 18.6 Å². The number of hydrogen-bond donors (Lipinski definition) is 0. The van der Waals surface area contributed by atoms with Crippen molar-refractivity contribution >= 4 is 15.9 Å². The third-order valence-corrected chi connectivity index (χ3v) is 4.73. The first-order chi connectivity index (χ1) is 9.50. The summed E-state index contributed by atoms with van der Waals surface area (Å²) in [6.07, 6.45) is -0.476. The Labute approximate surface area is 118 Å². The smallest absolute Gasteiger partial charge is 0.410 e. The molecule has 1 aliphatic rings. The molecular formula is C13H17NO5S. The largest absolute Gasteiger partial charge is 0.497 e. The molecule has 20 heavy (non-hydrogen) atoms. The summed E-state index contributed by atoms with van der Waals surface area (Å²) < 4.78 is 32.7. The van der Waals surface area contributed by atoms with Gasteiger partial charge in [0.15, 0.2) is 9.84 Å². The summed E-state index contributed by atoms with van der Waals surface area (Å²) >= 11 is 0. The summed E-state index contributed by atoms with van der Waals surface area (Å²) in [5, 5.41) is 0. The number of benzene rings is 1. The van der Waals surface area contributed by atoms with E-state index in [1.807, 2.05) is 12.1 Å². The lowest BCUT2D eigenvalue weighted by Crippen LogP contribution is -2.43. The fourth-order valence-corrected chi connectivity index (χ4v) is 3.05. The van der Waals surface area contributed by atoms with Gasteiger partial charge in [-0.15, -0.1) is 0 Å². The van der Waals surface area contributed by atoms with Crippen LogP contribution in [0.3, 0.4) is 0 Å². The van der Waals surface area contributed by atoms with Gasteiger partial charge in [-0.2, -0.15) is 0 Å². The zero-order chi connectivity index (χ0) is 14.6. The first-order valence-electron chi connectivity index (χ1n) is 6.25. The van der Waals surface area contributed by atoms with E-state index in [4.69, 9.17) is 9.47 Å². The van der Waals surface area contributed by atoms with Crippen molar-refractivity contribution in [3.8, 4) is 5.75 Å². The first kappa shape index (κ1) is 14.6. The number of nitrogens with zero attached hydrogens (tertiary/aromatic N) is 1. The van der Waals surface area contributed by atoms with Crippen molar-refractivity contribution < 1.29 is 22.7 Å². The molecule has 1 aromatic rings. The number of carbonyl (C=O) groups excluding carboxylic acids is 1. The van der Waals surface area contributed by atoms with Crippen LogP contribution in [0, 0.1) is 0 Å². The average molecular weight is 299 g/mol. The summed E-state index contributed by atoms with van der Waals surface area (Å²) in [5.74, 6) is 0.747. The molecule has 1 heterocycles. The lowest BCUT2D eigenvalue weighted by atomic mass is 10.2. The van der Waals surface area contributed by atoms with Crippen LogP contribution in [0.4, 0.5) is 4.79 Å². The zero-order valence-electron chi connectivity index (χ0n) is 11.2. The van der Waals surface area contributed by atoms with Crippen LogP contribution in [0.25, 0.3) is 0 Å². The summed E-state index contributed by atoms with van der Waals surface area (Å²) in [7, 11) is -1.40. The van der Waals surface area contributed by atoms with Crippen LogP contribution in [0.2, 0.25) is 0 Å². The summed E-state index contributed by atoms with van der Waals surface area (Å²) in [6, 6.07) is 7.20. The molecule has 1 aromatic carbocycles. The molecule has 1 saturated heterocycles. The Kier molecular flexibility index (Phi) is 4.49. The van der Waals surface area contributed by atoms with E-state index < -0.39 is 15.9 Å². The van der Waals surface area contributed by atoms with Gasteiger partial charge in [0.25, 0.3) is 0 Å². The molecule has 0 aliphatic carbocycles. The number of ether oxygens (including phenoxy) is 2. The van der Waals surface area contributed by atoms with E-state index in [1.165, 1.54) is 4.90 Å². The molecule has 0 aromatic heterocycles. The summed E-state index contributed by atoms with van der Waals surface area (Å²) in [6.45, 7) is 0.555. The Bertz CT molecular complexity index is 553. The molecule has 6 nitrogen and oxygen atoms in total. The van der Waals surface area contributed by atoms with Gasteiger partial charge >= 0.3 is 6.09 Å².